The lowest BCUT2D eigenvalue weighted by molar-refractivity contribution is -0.125. The highest BCUT2D eigenvalue weighted by Gasteiger charge is 2.48. The van der Waals surface area contributed by atoms with Crippen molar-refractivity contribution in [3.05, 3.63) is 0 Å². The second-order valence-electron chi connectivity index (χ2n) is 7.40. The molecule has 0 spiro atoms. The zero-order valence-corrected chi connectivity index (χ0v) is 17.9. The molecule has 150 valence electrons. The summed E-state index contributed by atoms with van der Waals surface area (Å²) >= 11 is 0. The van der Waals surface area contributed by atoms with Crippen LogP contribution in [0.25, 0.3) is 0 Å². The van der Waals surface area contributed by atoms with Crippen molar-refractivity contribution in [2.45, 2.75) is 50.3 Å². The van der Waals surface area contributed by atoms with Gasteiger partial charge in [-0.3, -0.25) is 4.79 Å². The lowest BCUT2D eigenvalue weighted by Gasteiger charge is -2.37. The third-order valence-electron chi connectivity index (χ3n) is 5.19. The predicted molar refractivity (Wildman–Crippen MR) is 107 cm³/mol. The SMILES string of the molecule is CC1CCCN(CC(C)NC(=O)C2(S(C)(=O)=O)CCNCC2)C1.Cl.Cl. The lowest BCUT2D eigenvalue weighted by Crippen LogP contribution is -2.59. The van der Waals surface area contributed by atoms with Crippen LogP contribution in [0.4, 0.5) is 0 Å². The second kappa shape index (κ2) is 10.3. The molecule has 9 heteroatoms. The van der Waals surface area contributed by atoms with Gasteiger partial charge in [0.05, 0.1) is 0 Å². The summed E-state index contributed by atoms with van der Waals surface area (Å²) in [6.07, 6.45) is 4.35. The Labute approximate surface area is 164 Å². The van der Waals surface area contributed by atoms with Gasteiger partial charge in [0.2, 0.25) is 5.91 Å². The third-order valence-corrected chi connectivity index (χ3v) is 7.20. The van der Waals surface area contributed by atoms with Gasteiger partial charge in [-0.25, -0.2) is 8.42 Å². The van der Waals surface area contributed by atoms with Crippen molar-refractivity contribution >= 4 is 40.6 Å². The van der Waals surface area contributed by atoms with Crippen LogP contribution in [0.15, 0.2) is 0 Å². The summed E-state index contributed by atoms with van der Waals surface area (Å²) in [5.74, 6) is 0.373. The maximum Gasteiger partial charge on any atom is 0.241 e. The van der Waals surface area contributed by atoms with Crippen LogP contribution < -0.4 is 10.6 Å². The summed E-state index contributed by atoms with van der Waals surface area (Å²) in [7, 11) is -3.44. The normalized spacial score (nSPS) is 25.2. The van der Waals surface area contributed by atoms with E-state index in [2.05, 4.69) is 22.5 Å². The average molecular weight is 418 g/mol. The minimum absolute atomic E-state index is 0. The molecule has 0 radical (unpaired) electrons. The van der Waals surface area contributed by atoms with Gasteiger partial charge < -0.3 is 15.5 Å². The van der Waals surface area contributed by atoms with Crippen molar-refractivity contribution in [2.24, 2.45) is 5.92 Å². The molecular weight excluding hydrogens is 385 g/mol. The van der Waals surface area contributed by atoms with E-state index in [1.54, 1.807) is 0 Å². The Morgan fingerprint density at radius 2 is 1.92 bits per heavy atom. The maximum atomic E-state index is 12.7. The molecule has 2 saturated heterocycles. The van der Waals surface area contributed by atoms with Crippen molar-refractivity contribution in [1.82, 2.24) is 15.5 Å². The standard InChI is InChI=1S/C16H31N3O3S.2ClH/c1-13-5-4-10-19(11-13)12-14(2)18-15(20)16(23(3,21)22)6-8-17-9-7-16;;/h13-14,17H,4-12H2,1-3H3,(H,18,20);2*1H. The van der Waals surface area contributed by atoms with E-state index >= 15 is 0 Å². The Morgan fingerprint density at radius 1 is 1.32 bits per heavy atom. The molecule has 1 amide bonds. The van der Waals surface area contributed by atoms with Crippen LogP contribution in [0.3, 0.4) is 0 Å². The van der Waals surface area contributed by atoms with E-state index in [9.17, 15) is 13.2 Å². The number of hydrogen-bond donors (Lipinski definition) is 2. The van der Waals surface area contributed by atoms with Gasteiger partial charge in [0.1, 0.15) is 0 Å². The number of piperidine rings is 2. The average Bonchev–Trinajstić information content (AvgIpc) is 2.46. The summed E-state index contributed by atoms with van der Waals surface area (Å²) in [4.78, 5) is 15.1. The minimum atomic E-state index is -3.44. The molecule has 25 heavy (non-hydrogen) atoms. The van der Waals surface area contributed by atoms with Crippen LogP contribution in [-0.2, 0) is 14.6 Å². The zero-order valence-electron chi connectivity index (χ0n) is 15.4. The summed E-state index contributed by atoms with van der Waals surface area (Å²) < 4.78 is 23.3. The second-order valence-corrected chi connectivity index (χ2v) is 9.72. The van der Waals surface area contributed by atoms with E-state index in [4.69, 9.17) is 0 Å². The summed E-state index contributed by atoms with van der Waals surface area (Å²) in [6, 6.07) is -0.0405. The van der Waals surface area contributed by atoms with Gasteiger partial charge >= 0.3 is 0 Å². The molecular formula is C16H33Cl2N3O3S. The number of likely N-dealkylation sites (tertiary alicyclic amines) is 1. The van der Waals surface area contributed by atoms with Gasteiger partial charge in [0.15, 0.2) is 14.6 Å². The quantitative estimate of drug-likeness (QED) is 0.702. The monoisotopic (exact) mass is 417 g/mol. The van der Waals surface area contributed by atoms with Crippen LogP contribution in [0.5, 0.6) is 0 Å². The molecule has 2 atom stereocenters. The van der Waals surface area contributed by atoms with Gasteiger partial charge in [0.25, 0.3) is 0 Å². The van der Waals surface area contributed by atoms with Crippen LogP contribution in [0.2, 0.25) is 0 Å². The first-order chi connectivity index (χ1) is 10.7. The summed E-state index contributed by atoms with van der Waals surface area (Å²) in [6.45, 7) is 8.26. The molecule has 6 nitrogen and oxygen atoms in total. The molecule has 2 fully saturated rings. The largest absolute Gasteiger partial charge is 0.351 e. The van der Waals surface area contributed by atoms with Crippen molar-refractivity contribution in [2.75, 3.05) is 39.0 Å². The molecule has 2 aliphatic rings. The van der Waals surface area contributed by atoms with E-state index in [1.807, 2.05) is 6.92 Å². The molecule has 0 saturated carbocycles. The molecule has 2 N–H and O–H groups in total. The molecule has 2 unspecified atom stereocenters. The Kier molecular flexibility index (Phi) is 10.3. The van der Waals surface area contributed by atoms with Gasteiger partial charge in [-0.2, -0.15) is 0 Å². The van der Waals surface area contributed by atoms with Crippen LogP contribution in [-0.4, -0.2) is 69.0 Å². The Morgan fingerprint density at radius 3 is 2.44 bits per heavy atom. The van der Waals surface area contributed by atoms with Crippen molar-refractivity contribution in [3.63, 3.8) is 0 Å². The predicted octanol–water partition coefficient (Wildman–Crippen LogP) is 1.23. The lowest BCUT2D eigenvalue weighted by atomic mass is 9.95. The van der Waals surface area contributed by atoms with Crippen molar-refractivity contribution in [1.29, 1.82) is 0 Å². The molecule has 2 heterocycles. The first-order valence-corrected chi connectivity index (χ1v) is 10.6. The molecule has 0 aromatic heterocycles. The third kappa shape index (κ3) is 6.24. The number of amides is 1. The number of carbonyl (C=O) groups excluding carboxylic acids is 1. The van der Waals surface area contributed by atoms with Crippen molar-refractivity contribution in [3.8, 4) is 0 Å². The maximum absolute atomic E-state index is 12.7. The molecule has 2 aliphatic heterocycles. The number of nitrogens with one attached hydrogen (secondary N) is 2. The fraction of sp³-hybridized carbons (Fsp3) is 0.938. The van der Waals surface area contributed by atoms with E-state index in [0.717, 1.165) is 19.6 Å². The first kappa shape index (κ1) is 24.9. The van der Waals surface area contributed by atoms with Crippen LogP contribution in [0.1, 0.15) is 39.5 Å². The van der Waals surface area contributed by atoms with Crippen molar-refractivity contribution < 1.29 is 13.2 Å². The Hall–Kier alpha value is -0.0800. The van der Waals surface area contributed by atoms with Crippen LogP contribution in [0, 0.1) is 5.92 Å². The molecule has 0 aromatic carbocycles. The highest BCUT2D eigenvalue weighted by molar-refractivity contribution is 7.92. The summed E-state index contributed by atoms with van der Waals surface area (Å²) in [5, 5.41) is 6.11. The van der Waals surface area contributed by atoms with Gasteiger partial charge in [-0.15, -0.1) is 24.8 Å². The molecule has 0 aliphatic carbocycles. The molecule has 2 rings (SSSR count). The number of halogens is 2. The molecule has 0 aromatic rings. The van der Waals surface area contributed by atoms with Gasteiger partial charge in [0, 0.05) is 25.4 Å². The molecule has 0 bridgehead atoms. The smallest absolute Gasteiger partial charge is 0.241 e. The number of nitrogens with zero attached hydrogens (tertiary/aromatic N) is 1. The highest BCUT2D eigenvalue weighted by atomic mass is 35.5. The number of carbonyl (C=O) groups is 1. The van der Waals surface area contributed by atoms with Crippen LogP contribution >= 0.6 is 24.8 Å². The zero-order chi connectivity index (χ0) is 17.1. The van der Waals surface area contributed by atoms with Gasteiger partial charge in [-0.05, 0) is 58.2 Å². The van der Waals surface area contributed by atoms with E-state index in [-0.39, 0.29) is 36.8 Å². The fourth-order valence-corrected chi connectivity index (χ4v) is 5.18. The van der Waals surface area contributed by atoms with E-state index < -0.39 is 14.6 Å². The Bertz CT molecular complexity index is 525. The number of hydrogen-bond acceptors (Lipinski definition) is 5. The fourth-order valence-electron chi connectivity index (χ4n) is 3.84. The van der Waals surface area contributed by atoms with E-state index in [1.165, 1.54) is 19.1 Å². The topological polar surface area (TPSA) is 78.5 Å². The van der Waals surface area contributed by atoms with E-state index in [0.29, 0.717) is 31.8 Å². The summed E-state index contributed by atoms with van der Waals surface area (Å²) in [5.41, 5.74) is 0. The Balaban J connectivity index is 0.00000288. The first-order valence-electron chi connectivity index (χ1n) is 8.68. The number of rotatable bonds is 5. The minimum Gasteiger partial charge on any atom is -0.351 e. The number of sulfone groups is 1. The van der Waals surface area contributed by atoms with Gasteiger partial charge in [-0.1, -0.05) is 6.92 Å². The highest BCUT2D eigenvalue weighted by Crippen LogP contribution is 2.28.